The molecule has 0 aromatic rings. The van der Waals surface area contributed by atoms with Gasteiger partial charge >= 0.3 is 19.5 Å². The minimum absolute atomic E-state index is 0.0725. The molecule has 1 atom stereocenters. The Bertz CT molecular complexity index is 232. The van der Waals surface area contributed by atoms with Gasteiger partial charge in [-0.05, 0) is 4.74 Å². The monoisotopic (exact) mass is 201 g/mol. The second kappa shape index (κ2) is 5.61. The molecule has 1 radical (unpaired) electrons. The van der Waals surface area contributed by atoms with E-state index in [0.29, 0.717) is 13.2 Å². The van der Waals surface area contributed by atoms with E-state index in [2.05, 4.69) is 0 Å². The summed E-state index contributed by atoms with van der Waals surface area (Å²) in [7, 11) is 2.96. The van der Waals surface area contributed by atoms with Crippen molar-refractivity contribution >= 4 is 19.6 Å². The van der Waals surface area contributed by atoms with Crippen LogP contribution in [-0.4, -0.2) is 62.4 Å². The van der Waals surface area contributed by atoms with Gasteiger partial charge in [-0.25, -0.2) is 4.79 Å². The Hall–Kier alpha value is -1.08. The van der Waals surface area contributed by atoms with Crippen molar-refractivity contribution in [3.63, 3.8) is 0 Å². The number of methoxy groups -OCH3 is 1. The third-order valence-electron chi connectivity index (χ3n) is 1.69. The maximum Gasteiger partial charge on any atom is 0.585 e. The van der Waals surface area contributed by atoms with E-state index in [1.807, 2.05) is 0 Å². The third-order valence-corrected chi connectivity index (χ3v) is 1.69. The fraction of sp³-hybridized carbons (Fsp3) is 0.714. The molecule has 1 heterocycles. The van der Waals surface area contributed by atoms with Gasteiger partial charge in [0, 0.05) is 7.11 Å². The zero-order valence-electron chi connectivity index (χ0n) is 7.88. The van der Waals surface area contributed by atoms with Crippen LogP contribution in [0.1, 0.15) is 0 Å². The van der Waals surface area contributed by atoms with Crippen LogP contribution in [0, 0.1) is 0 Å². The summed E-state index contributed by atoms with van der Waals surface area (Å²) in [4.78, 5) is 10.7. The number of ether oxygens (including phenoxy) is 2. The Morgan fingerprint density at radius 1 is 1.71 bits per heavy atom. The molecule has 0 aromatic carbocycles. The lowest BCUT2D eigenvalue weighted by atomic mass is 10.0. The quantitative estimate of drug-likeness (QED) is 0.315. The van der Waals surface area contributed by atoms with E-state index in [-0.39, 0.29) is 6.61 Å². The van der Waals surface area contributed by atoms with Gasteiger partial charge in [0.15, 0.2) is 0 Å². The van der Waals surface area contributed by atoms with E-state index in [9.17, 15) is 4.79 Å². The molecule has 0 saturated carbocycles. The number of carbonyl (C=O) groups is 1. The lowest BCUT2D eigenvalue weighted by Crippen LogP contribution is -2.45. The van der Waals surface area contributed by atoms with E-state index >= 15 is 0 Å². The van der Waals surface area contributed by atoms with Crippen LogP contribution < -0.4 is 0 Å². The lowest BCUT2D eigenvalue weighted by molar-refractivity contribution is -0.777. The van der Waals surface area contributed by atoms with Crippen LogP contribution in [-0.2, 0) is 19.0 Å². The topological polar surface area (TPSA) is 68.0 Å². The molecular formula is C7H12BNO5+. The molecule has 1 aliphatic heterocycles. The summed E-state index contributed by atoms with van der Waals surface area (Å²) in [6.45, 7) is 0.893. The Morgan fingerprint density at radius 2 is 2.43 bits per heavy atom. The minimum Gasteiger partial charge on any atom is -0.476 e. The molecule has 77 valence electrons. The van der Waals surface area contributed by atoms with Gasteiger partial charge in [-0.15, -0.1) is 0 Å². The number of carboxylic acids is 1. The van der Waals surface area contributed by atoms with E-state index < -0.39 is 12.0 Å². The number of hydrogen-bond donors (Lipinski definition) is 1. The average molecular weight is 201 g/mol. The zero-order valence-corrected chi connectivity index (χ0v) is 7.88. The van der Waals surface area contributed by atoms with Crippen LogP contribution in [0.25, 0.3) is 0 Å². The maximum atomic E-state index is 10.7. The summed E-state index contributed by atoms with van der Waals surface area (Å²) in [5, 5.41) is 8.80. The Morgan fingerprint density at radius 3 is 2.86 bits per heavy atom. The van der Waals surface area contributed by atoms with Crippen molar-refractivity contribution in [2.75, 3.05) is 26.9 Å². The first kappa shape index (κ1) is 11.0. The van der Waals surface area contributed by atoms with Gasteiger partial charge in [0.1, 0.15) is 6.61 Å². The van der Waals surface area contributed by atoms with Gasteiger partial charge in [-0.3, -0.25) is 0 Å². The molecule has 0 unspecified atom stereocenters. The summed E-state index contributed by atoms with van der Waals surface area (Å²) in [6, 6.07) is -0.795. The molecule has 1 rings (SSSR count). The van der Waals surface area contributed by atoms with E-state index in [0.717, 1.165) is 0 Å². The minimum atomic E-state index is -0.980. The first-order chi connectivity index (χ1) is 6.75. The predicted octanol–water partition coefficient (Wildman–Crippen LogP) is -1.29. The van der Waals surface area contributed by atoms with Gasteiger partial charge in [-0.2, -0.15) is 0 Å². The highest BCUT2D eigenvalue weighted by atomic mass is 16.6. The van der Waals surface area contributed by atoms with Crippen molar-refractivity contribution in [3.8, 4) is 0 Å². The molecule has 14 heavy (non-hydrogen) atoms. The van der Waals surface area contributed by atoms with Crippen LogP contribution in [0.5, 0.6) is 0 Å². The van der Waals surface area contributed by atoms with Gasteiger partial charge in [0.05, 0.1) is 13.2 Å². The molecule has 0 aromatic heterocycles. The molecule has 0 saturated heterocycles. The summed E-state index contributed by atoms with van der Waals surface area (Å²) in [6.07, 6.45) is 1.54. The normalized spacial score (nSPS) is 15.9. The standard InChI is InChI=1S/C7H11BNO5/c1-12-2-3-13-4-6(7(10)11)9-5-8-14-9/h5-6H,2-4H2,1H3/p+1/t6-/m0/s1. The highest BCUT2D eigenvalue weighted by Crippen LogP contribution is 1.98. The SMILES string of the molecule is COCCOC[C@@H](C(=O)O)[N+]1=C[B]O1. The van der Waals surface area contributed by atoms with Gasteiger partial charge < -0.3 is 19.3 Å². The number of carboxylic acid groups (broad SMARTS) is 1. The molecule has 6 nitrogen and oxygen atoms in total. The smallest absolute Gasteiger partial charge is 0.476 e. The lowest BCUT2D eigenvalue weighted by Gasteiger charge is -2.14. The van der Waals surface area contributed by atoms with E-state index in [1.54, 1.807) is 13.2 Å². The van der Waals surface area contributed by atoms with Gasteiger partial charge in [0.25, 0.3) is 0 Å². The van der Waals surface area contributed by atoms with E-state index in [4.69, 9.17) is 19.3 Å². The fourth-order valence-corrected chi connectivity index (χ4v) is 0.899. The molecule has 0 aliphatic carbocycles. The summed E-state index contributed by atoms with van der Waals surface area (Å²) >= 11 is 0. The Balaban J connectivity index is 2.26. The maximum absolute atomic E-state index is 10.7. The molecule has 7 heteroatoms. The molecule has 1 N–H and O–H groups in total. The first-order valence-corrected chi connectivity index (χ1v) is 4.17. The molecule has 0 fully saturated rings. The number of hydroxylamine groups is 1. The third kappa shape index (κ3) is 3.00. The molecule has 0 amide bonds. The van der Waals surface area contributed by atoms with Crippen molar-refractivity contribution in [2.24, 2.45) is 0 Å². The average Bonchev–Trinajstić information content (AvgIpc) is 2.06. The highest BCUT2D eigenvalue weighted by Gasteiger charge is 2.36. The second-order valence-corrected chi connectivity index (χ2v) is 2.67. The predicted molar refractivity (Wildman–Crippen MR) is 47.3 cm³/mol. The largest absolute Gasteiger partial charge is 0.585 e. The van der Waals surface area contributed by atoms with Crippen molar-refractivity contribution in [2.45, 2.75) is 6.04 Å². The fourth-order valence-electron chi connectivity index (χ4n) is 0.899. The number of aliphatic carboxylic acids is 1. The van der Waals surface area contributed by atoms with Crippen LogP contribution in [0.4, 0.5) is 0 Å². The van der Waals surface area contributed by atoms with Crippen LogP contribution >= 0.6 is 0 Å². The molecular weight excluding hydrogens is 189 g/mol. The number of nitrogens with zero attached hydrogens (tertiary/aromatic N) is 1. The Kier molecular flexibility index (Phi) is 4.41. The number of rotatable bonds is 7. The van der Waals surface area contributed by atoms with Gasteiger partial charge in [0.2, 0.25) is 6.11 Å². The van der Waals surface area contributed by atoms with Crippen LogP contribution in [0.15, 0.2) is 0 Å². The highest BCUT2D eigenvalue weighted by molar-refractivity contribution is 6.62. The van der Waals surface area contributed by atoms with Crippen molar-refractivity contribution < 1.29 is 28.9 Å². The molecule has 1 aliphatic rings. The Labute approximate surface area is 82.3 Å². The second-order valence-electron chi connectivity index (χ2n) is 2.67. The number of hydrogen-bond acceptors (Lipinski definition) is 4. The summed E-state index contributed by atoms with van der Waals surface area (Å²) in [5.74, 6) is -0.980. The molecule has 0 spiro atoms. The van der Waals surface area contributed by atoms with Crippen molar-refractivity contribution in [1.29, 1.82) is 0 Å². The van der Waals surface area contributed by atoms with E-state index in [1.165, 1.54) is 12.2 Å². The molecule has 0 bridgehead atoms. The van der Waals surface area contributed by atoms with Gasteiger partial charge in [-0.1, -0.05) is 0 Å². The van der Waals surface area contributed by atoms with Crippen molar-refractivity contribution in [3.05, 3.63) is 0 Å². The zero-order chi connectivity index (χ0) is 10.4. The van der Waals surface area contributed by atoms with Crippen molar-refractivity contribution in [1.82, 2.24) is 0 Å². The van der Waals surface area contributed by atoms with Crippen LogP contribution in [0.3, 0.4) is 0 Å². The van der Waals surface area contributed by atoms with Crippen LogP contribution in [0.2, 0.25) is 0 Å². The summed E-state index contributed by atoms with van der Waals surface area (Å²) < 4.78 is 15.8. The summed E-state index contributed by atoms with van der Waals surface area (Å²) in [5.41, 5.74) is 0. The first-order valence-electron chi connectivity index (χ1n) is 4.17.